The summed E-state index contributed by atoms with van der Waals surface area (Å²) in [6, 6.07) is 7.54. The Morgan fingerprint density at radius 1 is 1.12 bits per heavy atom. The van der Waals surface area contributed by atoms with Crippen molar-refractivity contribution >= 4 is 50.0 Å². The molecule has 0 amide bonds. The van der Waals surface area contributed by atoms with E-state index in [-0.39, 0.29) is 16.4 Å². The van der Waals surface area contributed by atoms with Crippen LogP contribution in [-0.4, -0.2) is 29.1 Å². The van der Waals surface area contributed by atoms with Crippen LogP contribution in [0.5, 0.6) is 0 Å². The fraction of sp³-hybridized carbons (Fsp3) is 0.375. The molecule has 8 nitrogen and oxygen atoms in total. The minimum Gasteiger partial charge on any atom is -0.309 e. The lowest BCUT2D eigenvalue weighted by atomic mass is 10.1. The molecule has 5 aromatic rings. The summed E-state index contributed by atoms with van der Waals surface area (Å²) in [6.45, 7) is 10.8. The highest BCUT2D eigenvalue weighted by Gasteiger charge is 2.21. The number of nitrogens with zero attached hydrogens (tertiary/aromatic N) is 5. The molecule has 0 radical (unpaired) electrons. The van der Waals surface area contributed by atoms with Crippen LogP contribution in [0, 0.1) is 19.8 Å². The number of aromatic nitrogens is 6. The Kier molecular flexibility index (Phi) is 5.81. The van der Waals surface area contributed by atoms with E-state index in [2.05, 4.69) is 29.0 Å². The standard InChI is InChI=1S/C24H26N6O2S2/c1-12(2)10-11-29-22(32)16-8-6-7-9-17(16)30-23(29)27-28-24(30)34-15(5)19-25-20(31)18-13(3)14(4)33-21(18)26-19/h6-9,12,15H,10-11H2,1-5H3,(H,25,26,31). The van der Waals surface area contributed by atoms with Gasteiger partial charge in [0.25, 0.3) is 11.1 Å². The zero-order valence-corrected chi connectivity index (χ0v) is 21.4. The van der Waals surface area contributed by atoms with E-state index >= 15 is 0 Å². The number of thiophene rings is 1. The number of thioether (sulfide) groups is 1. The molecule has 0 aliphatic rings. The van der Waals surface area contributed by atoms with E-state index in [0.717, 1.165) is 27.2 Å². The summed E-state index contributed by atoms with van der Waals surface area (Å²) in [5, 5.41) is 10.6. The molecule has 0 bridgehead atoms. The van der Waals surface area contributed by atoms with E-state index < -0.39 is 0 Å². The van der Waals surface area contributed by atoms with Crippen LogP contribution in [0.15, 0.2) is 39.0 Å². The molecule has 1 atom stereocenters. The number of benzene rings is 1. The first kappa shape index (κ1) is 22.8. The highest BCUT2D eigenvalue weighted by atomic mass is 32.2. The third-order valence-electron chi connectivity index (χ3n) is 6.13. The molecule has 0 saturated heterocycles. The van der Waals surface area contributed by atoms with Crippen LogP contribution in [0.1, 0.15) is 48.7 Å². The molecule has 0 aliphatic carbocycles. The van der Waals surface area contributed by atoms with Gasteiger partial charge in [-0.2, -0.15) is 0 Å². The Labute approximate surface area is 204 Å². The summed E-state index contributed by atoms with van der Waals surface area (Å²) < 4.78 is 3.65. The average Bonchev–Trinajstić information content (AvgIpc) is 3.34. The van der Waals surface area contributed by atoms with Crippen molar-refractivity contribution in [1.82, 2.24) is 29.1 Å². The molecule has 0 spiro atoms. The van der Waals surface area contributed by atoms with Gasteiger partial charge in [0, 0.05) is 11.4 Å². The smallest absolute Gasteiger partial charge is 0.262 e. The topological polar surface area (TPSA) is 97.9 Å². The Morgan fingerprint density at radius 3 is 2.65 bits per heavy atom. The number of aromatic amines is 1. The Morgan fingerprint density at radius 2 is 1.88 bits per heavy atom. The maximum atomic E-state index is 13.2. The molecule has 0 saturated carbocycles. The van der Waals surface area contributed by atoms with Crippen LogP contribution < -0.4 is 11.1 Å². The van der Waals surface area contributed by atoms with Gasteiger partial charge in [-0.3, -0.25) is 18.6 Å². The number of aryl methyl sites for hydroxylation is 3. The molecular weight excluding hydrogens is 468 g/mol. The molecule has 0 aliphatic heterocycles. The molecule has 0 fully saturated rings. The molecule has 10 heteroatoms. The summed E-state index contributed by atoms with van der Waals surface area (Å²) in [6.07, 6.45) is 0.866. The molecule has 176 valence electrons. The number of fused-ring (bicyclic) bond motifs is 4. The molecule has 34 heavy (non-hydrogen) atoms. The van der Waals surface area contributed by atoms with E-state index in [1.807, 2.05) is 49.4 Å². The monoisotopic (exact) mass is 494 g/mol. The van der Waals surface area contributed by atoms with Gasteiger partial charge < -0.3 is 4.98 Å². The maximum Gasteiger partial charge on any atom is 0.262 e. The van der Waals surface area contributed by atoms with Gasteiger partial charge in [-0.1, -0.05) is 37.7 Å². The lowest BCUT2D eigenvalue weighted by Crippen LogP contribution is -2.24. The van der Waals surface area contributed by atoms with E-state index in [4.69, 9.17) is 4.98 Å². The second-order valence-electron chi connectivity index (χ2n) is 8.95. The summed E-state index contributed by atoms with van der Waals surface area (Å²) in [4.78, 5) is 35.6. The lowest BCUT2D eigenvalue weighted by Gasteiger charge is -2.13. The fourth-order valence-corrected chi connectivity index (χ4v) is 6.03. The summed E-state index contributed by atoms with van der Waals surface area (Å²) in [5.41, 5.74) is 1.58. The highest BCUT2D eigenvalue weighted by Crippen LogP contribution is 2.34. The van der Waals surface area contributed by atoms with E-state index in [1.54, 1.807) is 4.57 Å². The van der Waals surface area contributed by atoms with Crippen molar-refractivity contribution in [2.75, 3.05) is 0 Å². The van der Waals surface area contributed by atoms with E-state index in [1.165, 1.54) is 23.1 Å². The molecule has 1 unspecified atom stereocenters. The lowest BCUT2D eigenvalue weighted by molar-refractivity contribution is 0.512. The third-order valence-corrected chi connectivity index (χ3v) is 8.29. The van der Waals surface area contributed by atoms with Gasteiger partial charge in [-0.15, -0.1) is 21.5 Å². The number of rotatable bonds is 6. The zero-order valence-electron chi connectivity index (χ0n) is 19.7. The first-order valence-corrected chi connectivity index (χ1v) is 13.0. The van der Waals surface area contributed by atoms with Crippen LogP contribution in [-0.2, 0) is 6.54 Å². The van der Waals surface area contributed by atoms with Crippen molar-refractivity contribution in [2.24, 2.45) is 5.92 Å². The number of H-pyrrole nitrogens is 1. The minimum atomic E-state index is -0.179. The van der Waals surface area contributed by atoms with Gasteiger partial charge in [0.15, 0.2) is 5.16 Å². The second-order valence-corrected chi connectivity index (χ2v) is 11.5. The SMILES string of the molecule is Cc1sc2nc(C(C)Sc3nnc4n(CCC(C)C)c(=O)c5ccccc5n34)[nH]c(=O)c2c1C. The van der Waals surface area contributed by atoms with Crippen LogP contribution >= 0.6 is 23.1 Å². The average molecular weight is 495 g/mol. The first-order valence-electron chi connectivity index (χ1n) is 11.3. The van der Waals surface area contributed by atoms with Crippen molar-refractivity contribution in [2.45, 2.75) is 58.0 Å². The van der Waals surface area contributed by atoms with Crippen LogP contribution in [0.2, 0.25) is 0 Å². The highest BCUT2D eigenvalue weighted by molar-refractivity contribution is 7.99. The predicted molar refractivity (Wildman–Crippen MR) is 138 cm³/mol. The van der Waals surface area contributed by atoms with E-state index in [0.29, 0.717) is 40.0 Å². The van der Waals surface area contributed by atoms with Crippen molar-refractivity contribution in [3.8, 4) is 0 Å². The number of nitrogens with one attached hydrogen (secondary N) is 1. The Balaban J connectivity index is 1.62. The van der Waals surface area contributed by atoms with Crippen LogP contribution in [0.25, 0.3) is 26.9 Å². The summed E-state index contributed by atoms with van der Waals surface area (Å²) >= 11 is 3.00. The van der Waals surface area contributed by atoms with Crippen molar-refractivity contribution < 1.29 is 0 Å². The van der Waals surface area contributed by atoms with Crippen LogP contribution in [0.4, 0.5) is 0 Å². The van der Waals surface area contributed by atoms with Crippen molar-refractivity contribution in [3.63, 3.8) is 0 Å². The Hall–Kier alpha value is -2.98. The fourth-order valence-electron chi connectivity index (χ4n) is 4.08. The van der Waals surface area contributed by atoms with E-state index in [9.17, 15) is 9.59 Å². The Bertz CT molecular complexity index is 1660. The number of para-hydroxylation sites is 1. The van der Waals surface area contributed by atoms with Gasteiger partial charge in [-0.05, 0) is 50.8 Å². The van der Waals surface area contributed by atoms with Gasteiger partial charge in [0.1, 0.15) is 10.7 Å². The zero-order chi connectivity index (χ0) is 24.1. The first-order chi connectivity index (χ1) is 16.3. The van der Waals surface area contributed by atoms with Crippen molar-refractivity contribution in [3.05, 3.63) is 61.2 Å². The van der Waals surface area contributed by atoms with Gasteiger partial charge in [-0.25, -0.2) is 4.98 Å². The predicted octanol–water partition coefficient (Wildman–Crippen LogP) is 4.86. The largest absolute Gasteiger partial charge is 0.309 e. The summed E-state index contributed by atoms with van der Waals surface area (Å²) in [5.74, 6) is 1.58. The molecular formula is C24H26N6O2S2. The third kappa shape index (κ3) is 3.74. The second kappa shape index (κ2) is 8.66. The number of hydrogen-bond acceptors (Lipinski definition) is 7. The quantitative estimate of drug-likeness (QED) is 0.339. The normalized spacial score (nSPS) is 13.0. The molecule has 1 aromatic carbocycles. The van der Waals surface area contributed by atoms with Crippen LogP contribution in [0.3, 0.4) is 0 Å². The molecule has 4 heterocycles. The van der Waals surface area contributed by atoms with Gasteiger partial charge >= 0.3 is 0 Å². The van der Waals surface area contributed by atoms with Crippen molar-refractivity contribution in [1.29, 1.82) is 0 Å². The van der Waals surface area contributed by atoms with Gasteiger partial charge in [0.05, 0.1) is 21.5 Å². The minimum absolute atomic E-state index is 0.0550. The number of hydrogen-bond donors (Lipinski definition) is 1. The molecule has 5 rings (SSSR count). The molecule has 1 N–H and O–H groups in total. The molecule has 4 aromatic heterocycles. The van der Waals surface area contributed by atoms with Gasteiger partial charge in [0.2, 0.25) is 5.78 Å². The summed E-state index contributed by atoms with van der Waals surface area (Å²) in [7, 11) is 0. The maximum absolute atomic E-state index is 13.2.